The van der Waals surface area contributed by atoms with Crippen molar-refractivity contribution in [2.75, 3.05) is 19.8 Å². The van der Waals surface area contributed by atoms with Gasteiger partial charge in [-0.2, -0.15) is 5.10 Å². The molecule has 12 heteroatoms. The van der Waals surface area contributed by atoms with Crippen LogP contribution in [-0.4, -0.2) is 43.0 Å². The van der Waals surface area contributed by atoms with E-state index in [0.717, 1.165) is 10.9 Å². The number of benzene rings is 4. The third-order valence-electron chi connectivity index (χ3n) is 7.28. The molecule has 0 bridgehead atoms. The molecule has 48 heavy (non-hydrogen) atoms. The Bertz CT molecular complexity index is 1900. The van der Waals surface area contributed by atoms with E-state index >= 15 is 0 Å². The van der Waals surface area contributed by atoms with Crippen LogP contribution >= 0.6 is 28.1 Å². The highest BCUT2D eigenvalue weighted by Crippen LogP contribution is 2.37. The molecule has 0 saturated heterocycles. The summed E-state index contributed by atoms with van der Waals surface area (Å²) in [6, 6.07) is 24.5. The van der Waals surface area contributed by atoms with Crippen molar-refractivity contribution in [2.45, 2.75) is 33.4 Å². The summed E-state index contributed by atoms with van der Waals surface area (Å²) in [7, 11) is 0. The van der Waals surface area contributed by atoms with E-state index in [2.05, 4.69) is 61.4 Å². The Kier molecular flexibility index (Phi) is 11.6. The van der Waals surface area contributed by atoms with E-state index in [0.29, 0.717) is 62.4 Å². The average molecular weight is 732 g/mol. The van der Waals surface area contributed by atoms with Gasteiger partial charge in [-0.1, -0.05) is 54.6 Å². The van der Waals surface area contributed by atoms with Crippen LogP contribution in [0.25, 0.3) is 10.8 Å². The van der Waals surface area contributed by atoms with Gasteiger partial charge in [0.2, 0.25) is 0 Å². The highest BCUT2D eigenvalue weighted by molar-refractivity contribution is 9.10. The predicted molar refractivity (Wildman–Crippen MR) is 192 cm³/mol. The molecule has 1 aliphatic rings. The summed E-state index contributed by atoms with van der Waals surface area (Å²) in [5.41, 5.74) is 5.77. The SMILES string of the molecule is CCOC(=O)C1=C(C)NC(=S)N[C@@H]1c1ccccc1OCC(=O)NN=Cc1cc(Br)c(OCc2ccc3ccccc3c2)c(OCC)c1. The summed E-state index contributed by atoms with van der Waals surface area (Å²) < 4.78 is 23.9. The molecule has 0 radical (unpaired) electrons. The Labute approximate surface area is 292 Å². The molecule has 0 aliphatic carbocycles. The van der Waals surface area contributed by atoms with Gasteiger partial charge in [0, 0.05) is 11.3 Å². The first kappa shape index (κ1) is 34.4. The second-order valence-corrected chi connectivity index (χ2v) is 11.9. The number of nitrogens with one attached hydrogen (secondary N) is 3. The number of allylic oxidation sites excluding steroid dienone is 1. The molecule has 5 rings (SSSR count). The normalized spacial score (nSPS) is 14.3. The molecular formula is C36H35BrN4O6S. The molecule has 4 aromatic rings. The molecule has 0 unspecified atom stereocenters. The smallest absolute Gasteiger partial charge is 0.338 e. The molecule has 0 spiro atoms. The number of ether oxygens (including phenoxy) is 4. The fourth-order valence-corrected chi connectivity index (χ4v) is 6.01. The molecule has 0 saturated carbocycles. The van der Waals surface area contributed by atoms with Gasteiger partial charge in [-0.25, -0.2) is 10.2 Å². The minimum Gasteiger partial charge on any atom is -0.490 e. The first-order valence-corrected chi connectivity index (χ1v) is 16.5. The molecular weight excluding hydrogens is 696 g/mol. The number of carbonyl (C=O) groups is 2. The Morgan fingerprint density at radius 3 is 2.50 bits per heavy atom. The number of carbonyl (C=O) groups excluding carboxylic acids is 2. The molecule has 1 amide bonds. The standard InChI is InChI=1S/C36H35BrN4O6S/c1-4-44-30-18-24(17-28(37)34(30)47-20-23-14-15-25-10-6-7-11-26(25)16-23)19-38-41-31(42)21-46-29-13-9-8-12-27(29)33-32(35(43)45-5-2)22(3)39-36(48)40-33/h6-19,33H,4-5,20-21H2,1-3H3,(H,41,42)(H2,39,40,48)/t33-/m1/s1. The lowest BCUT2D eigenvalue weighted by atomic mass is 9.95. The summed E-state index contributed by atoms with van der Waals surface area (Å²) in [5.74, 6) is 0.550. The molecule has 10 nitrogen and oxygen atoms in total. The summed E-state index contributed by atoms with van der Waals surface area (Å²) in [5, 5.41) is 12.9. The van der Waals surface area contributed by atoms with Gasteiger partial charge in [0.05, 0.1) is 35.5 Å². The van der Waals surface area contributed by atoms with Crippen LogP contribution in [-0.2, 0) is 20.9 Å². The van der Waals surface area contributed by atoms with Crippen LogP contribution in [0.4, 0.5) is 0 Å². The Hall–Kier alpha value is -4.94. The lowest BCUT2D eigenvalue weighted by molar-refractivity contribution is -0.139. The lowest BCUT2D eigenvalue weighted by Crippen LogP contribution is -2.45. The van der Waals surface area contributed by atoms with Gasteiger partial charge in [0.15, 0.2) is 23.2 Å². The number of para-hydroxylation sites is 1. The molecule has 4 aromatic carbocycles. The number of nitrogens with zero attached hydrogens (tertiary/aromatic N) is 1. The highest BCUT2D eigenvalue weighted by atomic mass is 79.9. The van der Waals surface area contributed by atoms with E-state index < -0.39 is 17.9 Å². The molecule has 3 N–H and O–H groups in total. The van der Waals surface area contributed by atoms with Crippen LogP contribution in [0.15, 0.2) is 99.7 Å². The third-order valence-corrected chi connectivity index (χ3v) is 8.09. The topological polar surface area (TPSA) is 120 Å². The van der Waals surface area contributed by atoms with Crippen molar-refractivity contribution < 1.29 is 28.5 Å². The first-order chi connectivity index (χ1) is 23.3. The quantitative estimate of drug-likeness (QED) is 0.0616. The number of amides is 1. The largest absolute Gasteiger partial charge is 0.490 e. The van der Waals surface area contributed by atoms with Crippen molar-refractivity contribution in [3.8, 4) is 17.2 Å². The summed E-state index contributed by atoms with van der Waals surface area (Å²) in [6.45, 7) is 6.08. The Morgan fingerprint density at radius 2 is 1.71 bits per heavy atom. The van der Waals surface area contributed by atoms with Gasteiger partial charge in [-0.15, -0.1) is 0 Å². The number of halogens is 1. The van der Waals surface area contributed by atoms with Crippen molar-refractivity contribution in [3.05, 3.63) is 111 Å². The van der Waals surface area contributed by atoms with Crippen LogP contribution < -0.4 is 30.3 Å². The number of esters is 1. The van der Waals surface area contributed by atoms with Gasteiger partial charge in [-0.3, -0.25) is 4.79 Å². The predicted octanol–water partition coefficient (Wildman–Crippen LogP) is 6.47. The molecule has 0 fully saturated rings. The van der Waals surface area contributed by atoms with Crippen LogP contribution in [0, 0.1) is 0 Å². The van der Waals surface area contributed by atoms with Crippen LogP contribution in [0.3, 0.4) is 0 Å². The van der Waals surface area contributed by atoms with Gasteiger partial charge in [-0.05, 0) is 95.1 Å². The molecule has 1 aliphatic heterocycles. The zero-order valence-corrected chi connectivity index (χ0v) is 29.1. The second-order valence-electron chi connectivity index (χ2n) is 10.6. The van der Waals surface area contributed by atoms with Gasteiger partial charge in [0.1, 0.15) is 12.4 Å². The monoisotopic (exact) mass is 730 g/mol. The van der Waals surface area contributed by atoms with Gasteiger partial charge < -0.3 is 29.6 Å². The third kappa shape index (κ3) is 8.50. The number of fused-ring (bicyclic) bond motifs is 1. The summed E-state index contributed by atoms with van der Waals surface area (Å²) in [4.78, 5) is 25.5. The van der Waals surface area contributed by atoms with E-state index in [1.54, 1.807) is 38.1 Å². The molecule has 1 heterocycles. The second kappa shape index (κ2) is 16.2. The van der Waals surface area contributed by atoms with E-state index in [1.165, 1.54) is 11.6 Å². The van der Waals surface area contributed by atoms with Crippen LogP contribution in [0.5, 0.6) is 17.2 Å². The van der Waals surface area contributed by atoms with Gasteiger partial charge >= 0.3 is 5.97 Å². The zero-order chi connectivity index (χ0) is 34.0. The maximum absolute atomic E-state index is 12.8. The minimum absolute atomic E-state index is 0.222. The lowest BCUT2D eigenvalue weighted by Gasteiger charge is -2.30. The van der Waals surface area contributed by atoms with Crippen molar-refractivity contribution in [2.24, 2.45) is 5.10 Å². The van der Waals surface area contributed by atoms with Crippen molar-refractivity contribution in [3.63, 3.8) is 0 Å². The van der Waals surface area contributed by atoms with E-state index in [-0.39, 0.29) is 13.2 Å². The maximum Gasteiger partial charge on any atom is 0.338 e. The number of hydrogen-bond acceptors (Lipinski definition) is 8. The number of hydrazone groups is 1. The fraction of sp³-hybridized carbons (Fsp3) is 0.222. The molecule has 248 valence electrons. The number of rotatable bonds is 13. The summed E-state index contributed by atoms with van der Waals surface area (Å²) >= 11 is 8.94. The number of hydrogen-bond donors (Lipinski definition) is 3. The Morgan fingerprint density at radius 1 is 0.938 bits per heavy atom. The highest BCUT2D eigenvalue weighted by Gasteiger charge is 2.32. The molecule has 0 aromatic heterocycles. The minimum atomic E-state index is -0.632. The fourth-order valence-electron chi connectivity index (χ4n) is 5.16. The molecule has 1 atom stereocenters. The van der Waals surface area contributed by atoms with Crippen molar-refractivity contribution >= 4 is 62.1 Å². The van der Waals surface area contributed by atoms with Crippen molar-refractivity contribution in [1.82, 2.24) is 16.1 Å². The van der Waals surface area contributed by atoms with E-state index in [4.69, 9.17) is 31.2 Å². The zero-order valence-electron chi connectivity index (χ0n) is 26.7. The van der Waals surface area contributed by atoms with Crippen molar-refractivity contribution in [1.29, 1.82) is 0 Å². The number of thiocarbonyl (C=S) groups is 1. The van der Waals surface area contributed by atoms with E-state index in [1.807, 2.05) is 37.3 Å². The summed E-state index contributed by atoms with van der Waals surface area (Å²) in [6.07, 6.45) is 1.51. The van der Waals surface area contributed by atoms with Gasteiger partial charge in [0.25, 0.3) is 5.91 Å². The van der Waals surface area contributed by atoms with Crippen LogP contribution in [0.1, 0.15) is 43.5 Å². The maximum atomic E-state index is 12.8. The van der Waals surface area contributed by atoms with Crippen LogP contribution in [0.2, 0.25) is 0 Å². The van der Waals surface area contributed by atoms with E-state index in [9.17, 15) is 9.59 Å². The Balaban J connectivity index is 1.22. The first-order valence-electron chi connectivity index (χ1n) is 15.3. The average Bonchev–Trinajstić information content (AvgIpc) is 3.07.